The lowest BCUT2D eigenvalue weighted by molar-refractivity contribution is 0.796. The summed E-state index contributed by atoms with van der Waals surface area (Å²) in [5.74, 6) is -0.881. The van der Waals surface area contributed by atoms with Crippen molar-refractivity contribution in [2.24, 2.45) is 0 Å². The van der Waals surface area contributed by atoms with Gasteiger partial charge in [-0.2, -0.15) is 14.6 Å². The van der Waals surface area contributed by atoms with Crippen LogP contribution in [0.2, 0.25) is 0 Å². The van der Waals surface area contributed by atoms with Crippen molar-refractivity contribution in [2.75, 3.05) is 17.9 Å². The minimum atomic E-state index is -3.49. The number of nitrogens with zero attached hydrogens (tertiary/aromatic N) is 5. The molecule has 0 bridgehead atoms. The second kappa shape index (κ2) is 3.84. The maximum absolute atomic E-state index is 8.12. The van der Waals surface area contributed by atoms with Gasteiger partial charge in [0.05, 0.1) is 1.37 Å². The predicted molar refractivity (Wildman–Crippen MR) is 59.1 cm³/mol. The zero-order chi connectivity index (χ0) is 20.3. The fourth-order valence-electron chi connectivity index (χ4n) is 1.14. The van der Waals surface area contributed by atoms with Crippen LogP contribution in [0.25, 0.3) is 5.78 Å². The number of fused-ring (bicyclic) bond motifs is 1. The number of hydrogen-bond donors (Lipinski definition) is 0. The third-order valence-corrected chi connectivity index (χ3v) is 1.73. The first-order valence-electron chi connectivity index (χ1n) is 9.51. The molecule has 5 heteroatoms. The summed E-state index contributed by atoms with van der Waals surface area (Å²) in [4.78, 5) is 7.59. The van der Waals surface area contributed by atoms with Crippen LogP contribution in [-0.2, 0) is 0 Å². The fraction of sp³-hybridized carbons (Fsp3) is 0.500. The van der Waals surface area contributed by atoms with Crippen molar-refractivity contribution >= 4 is 11.6 Å². The lowest BCUT2D eigenvalue weighted by atomic mass is 10.4. The van der Waals surface area contributed by atoms with E-state index in [2.05, 4.69) is 15.1 Å². The Morgan fingerprint density at radius 3 is 3.13 bits per heavy atom. The molecule has 0 saturated carbocycles. The van der Waals surface area contributed by atoms with E-state index in [4.69, 9.17) is 15.1 Å². The molecule has 80 valence electrons. The van der Waals surface area contributed by atoms with E-state index >= 15 is 0 Å². The van der Waals surface area contributed by atoms with Gasteiger partial charge in [0.1, 0.15) is 12.1 Å². The van der Waals surface area contributed by atoms with Crippen LogP contribution < -0.4 is 4.90 Å². The highest BCUT2D eigenvalue weighted by Gasteiger charge is 2.09. The smallest absolute Gasteiger partial charge is 0.254 e. The first-order chi connectivity index (χ1) is 11.5. The van der Waals surface area contributed by atoms with Crippen molar-refractivity contribution in [3.8, 4) is 0 Å². The normalized spacial score (nSPS) is 25.3. The third-order valence-electron chi connectivity index (χ3n) is 1.73. The van der Waals surface area contributed by atoms with E-state index in [1.54, 1.807) is 0 Å². The van der Waals surface area contributed by atoms with Gasteiger partial charge in [0.25, 0.3) is 5.78 Å². The zero-order valence-corrected chi connectivity index (χ0v) is 7.81. The van der Waals surface area contributed by atoms with E-state index in [1.165, 1.54) is 6.92 Å². The largest absolute Gasteiger partial charge is 0.357 e. The highest BCUT2D eigenvalue weighted by Crippen LogP contribution is 2.14. The lowest BCUT2D eigenvalue weighted by Crippen LogP contribution is -2.25. The van der Waals surface area contributed by atoms with Crippen molar-refractivity contribution in [1.29, 1.82) is 0 Å². The van der Waals surface area contributed by atoms with E-state index in [9.17, 15) is 0 Å². The monoisotopic (exact) mass is 216 g/mol. The van der Waals surface area contributed by atoms with E-state index in [-0.39, 0.29) is 16.4 Å². The van der Waals surface area contributed by atoms with Crippen molar-refractivity contribution < 1.29 is 15.1 Å². The van der Waals surface area contributed by atoms with Crippen LogP contribution in [0.5, 0.6) is 0 Å². The van der Waals surface area contributed by atoms with Crippen LogP contribution in [0.1, 0.15) is 34.5 Å². The van der Waals surface area contributed by atoms with Gasteiger partial charge in [-0.15, -0.1) is 0 Å². The molecule has 0 spiro atoms. The van der Waals surface area contributed by atoms with Crippen LogP contribution in [0, 0.1) is 6.92 Å². The highest BCUT2D eigenvalue weighted by molar-refractivity contribution is 5.46. The molecule has 2 aromatic heterocycles. The van der Waals surface area contributed by atoms with Crippen molar-refractivity contribution in [3.63, 3.8) is 0 Å². The molecule has 0 aliphatic carbocycles. The van der Waals surface area contributed by atoms with Gasteiger partial charge in [-0.1, -0.05) is 0 Å². The molecule has 2 rings (SSSR count). The average molecular weight is 216 g/mol. The number of aromatic nitrogens is 4. The summed E-state index contributed by atoms with van der Waals surface area (Å²) in [6.07, 6.45) is 0.985. The Balaban J connectivity index is 2.96. The number of hydrogen-bond acceptors (Lipinski definition) is 4. The molecule has 0 aliphatic heterocycles. The average Bonchev–Trinajstić information content (AvgIpc) is 2.88. The molecular formula is C10H15N5. The lowest BCUT2D eigenvalue weighted by Gasteiger charge is -2.21. The molecule has 15 heavy (non-hydrogen) atoms. The Hall–Kier alpha value is -1.65. The molecule has 0 radical (unpaired) electrons. The summed E-state index contributed by atoms with van der Waals surface area (Å²) in [6, 6.07) is -0.579. The van der Waals surface area contributed by atoms with Crippen LogP contribution in [0.4, 0.5) is 5.82 Å². The Morgan fingerprint density at radius 2 is 2.40 bits per heavy atom. The number of rotatable bonds is 3. The van der Waals surface area contributed by atoms with Gasteiger partial charge in [-0.25, -0.2) is 4.98 Å². The van der Waals surface area contributed by atoms with Crippen LogP contribution >= 0.6 is 0 Å². The molecule has 0 saturated heterocycles. The summed E-state index contributed by atoms with van der Waals surface area (Å²) in [5, 5.41) is 3.71. The zero-order valence-electron chi connectivity index (χ0n) is 18.8. The first-order valence-corrected chi connectivity index (χ1v) is 4.01. The van der Waals surface area contributed by atoms with Crippen LogP contribution in [-0.4, -0.2) is 32.6 Å². The molecule has 0 unspecified atom stereocenters. The summed E-state index contributed by atoms with van der Waals surface area (Å²) < 4.78 is 85.4. The summed E-state index contributed by atoms with van der Waals surface area (Å²) in [7, 11) is 0. The topological polar surface area (TPSA) is 46.3 Å². The van der Waals surface area contributed by atoms with E-state index < -0.39 is 38.6 Å². The van der Waals surface area contributed by atoms with Gasteiger partial charge in [0.15, 0.2) is 0 Å². The molecule has 0 atom stereocenters. The Kier molecular flexibility index (Phi) is 0.812. The van der Waals surface area contributed by atoms with Crippen LogP contribution in [0.15, 0.2) is 12.4 Å². The van der Waals surface area contributed by atoms with Crippen molar-refractivity contribution in [2.45, 2.75) is 20.6 Å². The minimum Gasteiger partial charge on any atom is -0.357 e. The van der Waals surface area contributed by atoms with Gasteiger partial charge in [-0.05, 0) is 20.6 Å². The first kappa shape index (κ1) is 3.17. The van der Waals surface area contributed by atoms with Gasteiger partial charge in [-0.3, -0.25) is 0 Å². The van der Waals surface area contributed by atoms with E-state index in [0.29, 0.717) is 0 Å². The van der Waals surface area contributed by atoms with Crippen molar-refractivity contribution in [3.05, 3.63) is 18.1 Å². The Bertz CT molecular complexity index is 795. The second-order valence-electron chi connectivity index (χ2n) is 2.68. The second-order valence-corrected chi connectivity index (χ2v) is 2.68. The molecule has 0 amide bonds. The van der Waals surface area contributed by atoms with Gasteiger partial charge in [0, 0.05) is 38.4 Å². The predicted octanol–water partition coefficient (Wildman–Crippen LogP) is 1.28. The summed E-state index contributed by atoms with van der Waals surface area (Å²) in [5.41, 5.74) is -0.0341. The standard InChI is InChI=1S/C10H15N5/c1-4-14(5-2)9-6-8(3)13-10-11-7-12-15(9)10/h6-7H,4-5H2,1-3H3/i1D3,2D3,4D2,5D2,6D. The van der Waals surface area contributed by atoms with Crippen LogP contribution in [0.3, 0.4) is 0 Å². The van der Waals surface area contributed by atoms with Crippen molar-refractivity contribution in [1.82, 2.24) is 19.6 Å². The third kappa shape index (κ3) is 1.65. The molecule has 0 N–H and O–H groups in total. The number of aryl methyl sites for hydroxylation is 1. The molecule has 0 aromatic carbocycles. The number of anilines is 1. The Labute approximate surface area is 104 Å². The SMILES string of the molecule is [2H]c1c(C)nc2ncnn2c1N(C([2H])([2H])C([2H])([2H])[2H])C([2H])([2H])C([2H])([2H])[2H]. The molecule has 0 fully saturated rings. The fourth-order valence-corrected chi connectivity index (χ4v) is 1.14. The molecule has 5 nitrogen and oxygen atoms in total. The Morgan fingerprint density at radius 1 is 1.60 bits per heavy atom. The van der Waals surface area contributed by atoms with E-state index in [0.717, 1.165) is 10.8 Å². The summed E-state index contributed by atoms with van der Waals surface area (Å²) >= 11 is 0. The highest BCUT2D eigenvalue weighted by atomic mass is 15.4. The quantitative estimate of drug-likeness (QED) is 0.775. The summed E-state index contributed by atoms with van der Waals surface area (Å²) in [6.45, 7) is -12.5. The maximum Gasteiger partial charge on any atom is 0.254 e. The molecule has 2 heterocycles. The minimum absolute atomic E-state index is 0.0341. The van der Waals surface area contributed by atoms with Gasteiger partial charge in [0.2, 0.25) is 0 Å². The van der Waals surface area contributed by atoms with E-state index in [1.807, 2.05) is 0 Å². The molecular weight excluding hydrogens is 190 g/mol. The van der Waals surface area contributed by atoms with Gasteiger partial charge >= 0.3 is 0 Å². The maximum atomic E-state index is 8.12. The molecule has 0 aliphatic rings. The molecule has 2 aromatic rings. The van der Waals surface area contributed by atoms with Gasteiger partial charge < -0.3 is 4.90 Å².